The quantitative estimate of drug-likeness (QED) is 0.190. The highest BCUT2D eigenvalue weighted by atomic mass is 16.2. The zero-order valence-electron chi connectivity index (χ0n) is 25.8. The molecule has 4 nitrogen and oxygen atoms in total. The smallest absolute Gasteiger partial charge is 0.235 e. The zero-order chi connectivity index (χ0) is 31.6. The Balaban J connectivity index is 1.52. The highest BCUT2D eigenvalue weighted by molar-refractivity contribution is 6.35. The molecule has 2 bridgehead atoms. The van der Waals surface area contributed by atoms with Gasteiger partial charge in [0.05, 0.1) is 29.2 Å². The van der Waals surface area contributed by atoms with Crippen LogP contribution in [0.3, 0.4) is 0 Å². The molecule has 4 atom stereocenters. The second-order valence-corrected chi connectivity index (χ2v) is 12.9. The van der Waals surface area contributed by atoms with Crippen molar-refractivity contribution < 1.29 is 14.4 Å². The van der Waals surface area contributed by atoms with Crippen LogP contribution in [0.25, 0.3) is 11.1 Å². The largest absolute Gasteiger partial charge is 0.297 e. The molecule has 4 heteroatoms. The van der Waals surface area contributed by atoms with Crippen molar-refractivity contribution >= 4 is 28.7 Å². The number of likely N-dealkylation sites (tertiary alicyclic amines) is 1. The van der Waals surface area contributed by atoms with Crippen molar-refractivity contribution in [2.75, 3.05) is 0 Å². The van der Waals surface area contributed by atoms with E-state index in [2.05, 4.69) is 48.5 Å². The number of imide groups is 1. The van der Waals surface area contributed by atoms with Crippen LogP contribution < -0.4 is 0 Å². The number of hydrogen-bond acceptors (Lipinski definition) is 3. The molecule has 224 valence electrons. The molecule has 2 amide bonds. The number of nitrogens with zero attached hydrogens (tertiary/aromatic N) is 1. The molecule has 0 N–H and O–H groups in total. The van der Waals surface area contributed by atoms with E-state index in [0.717, 1.165) is 50.1 Å². The molecule has 3 aliphatic rings. The number of hydrogen-bond donors (Lipinski definition) is 0. The molecular weight excluding hydrogens is 566 g/mol. The van der Waals surface area contributed by atoms with Crippen LogP contribution in [0.1, 0.15) is 38.9 Å². The van der Waals surface area contributed by atoms with Gasteiger partial charge in [-0.3, -0.25) is 19.3 Å². The third-order valence-corrected chi connectivity index (χ3v) is 10.4. The van der Waals surface area contributed by atoms with Crippen LogP contribution in [-0.4, -0.2) is 22.5 Å². The van der Waals surface area contributed by atoms with E-state index in [9.17, 15) is 9.59 Å². The Labute approximate surface area is 269 Å². The fourth-order valence-electron chi connectivity index (χ4n) is 8.54. The number of aryl methyl sites for hydroxylation is 2. The van der Waals surface area contributed by atoms with Crippen molar-refractivity contribution in [1.82, 2.24) is 4.90 Å². The molecule has 0 spiro atoms. The van der Waals surface area contributed by atoms with Crippen molar-refractivity contribution in [3.8, 4) is 0 Å². The number of carbonyl (C=O) groups excluding carboxylic acids is 3. The van der Waals surface area contributed by atoms with E-state index in [1.165, 1.54) is 4.90 Å². The van der Waals surface area contributed by atoms with Gasteiger partial charge in [-0.2, -0.15) is 0 Å². The lowest BCUT2D eigenvalue weighted by Gasteiger charge is -2.39. The first-order valence-electron chi connectivity index (χ1n) is 15.8. The van der Waals surface area contributed by atoms with E-state index >= 15 is 4.79 Å². The van der Waals surface area contributed by atoms with Gasteiger partial charge in [-0.15, -0.1) is 0 Å². The first-order valence-corrected chi connectivity index (χ1v) is 15.8. The molecule has 2 fully saturated rings. The average Bonchev–Trinajstić information content (AvgIpc) is 3.59. The minimum Gasteiger partial charge on any atom is -0.297 e. The predicted molar refractivity (Wildman–Crippen MR) is 179 cm³/mol. The number of fused-ring (bicyclic) bond motifs is 5. The van der Waals surface area contributed by atoms with Gasteiger partial charge in [-0.1, -0.05) is 151 Å². The summed E-state index contributed by atoms with van der Waals surface area (Å²) in [7, 11) is 0. The van der Waals surface area contributed by atoms with E-state index in [1.807, 2.05) is 105 Å². The molecule has 1 heterocycles. The van der Waals surface area contributed by atoms with Crippen molar-refractivity contribution in [2.45, 2.75) is 31.2 Å². The van der Waals surface area contributed by atoms with Crippen molar-refractivity contribution in [1.29, 1.82) is 0 Å². The summed E-state index contributed by atoms with van der Waals surface area (Å²) in [5.41, 5.74) is 5.21. The Kier molecular flexibility index (Phi) is 6.33. The SMILES string of the molecule is Cc1ccc(C2=C(c3ccc(C)cc3)[C@@]3(c4ccccc4)C(=O)[C@@]2(c2ccccc2)[C@H]2C(=O)N(Cc4ccccc4)C(=O)[C@@H]23)cc1. The second-order valence-electron chi connectivity index (χ2n) is 12.9. The van der Waals surface area contributed by atoms with Gasteiger partial charge >= 0.3 is 0 Å². The maximum Gasteiger partial charge on any atom is 0.235 e. The highest BCUT2D eigenvalue weighted by Crippen LogP contribution is 2.74. The van der Waals surface area contributed by atoms with Gasteiger partial charge in [0.2, 0.25) is 11.8 Å². The first kappa shape index (κ1) is 28.1. The zero-order valence-corrected chi connectivity index (χ0v) is 25.8. The predicted octanol–water partition coefficient (Wildman–Crippen LogP) is 7.49. The Morgan fingerprint density at radius 2 is 0.870 bits per heavy atom. The van der Waals surface area contributed by atoms with Crippen LogP contribution >= 0.6 is 0 Å². The van der Waals surface area contributed by atoms with E-state index in [0.29, 0.717) is 0 Å². The molecule has 1 saturated carbocycles. The van der Waals surface area contributed by atoms with Gasteiger partial charge in [0.1, 0.15) is 0 Å². The fourth-order valence-corrected chi connectivity index (χ4v) is 8.54. The van der Waals surface area contributed by atoms with Crippen LogP contribution in [0, 0.1) is 25.7 Å². The van der Waals surface area contributed by atoms with E-state index in [-0.39, 0.29) is 24.1 Å². The van der Waals surface area contributed by atoms with E-state index in [4.69, 9.17) is 0 Å². The molecule has 5 aromatic rings. The van der Waals surface area contributed by atoms with Crippen LogP contribution in [0.5, 0.6) is 0 Å². The lowest BCUT2D eigenvalue weighted by molar-refractivity contribution is -0.143. The fraction of sp³-hybridized carbons (Fsp3) is 0.167. The van der Waals surface area contributed by atoms with Crippen LogP contribution in [0.4, 0.5) is 0 Å². The molecule has 0 unspecified atom stereocenters. The van der Waals surface area contributed by atoms with Gasteiger partial charge in [0, 0.05) is 0 Å². The summed E-state index contributed by atoms with van der Waals surface area (Å²) < 4.78 is 0. The maximum atomic E-state index is 15.9. The minimum absolute atomic E-state index is 0.0976. The molecule has 0 aromatic heterocycles. The molecule has 1 saturated heterocycles. The van der Waals surface area contributed by atoms with Crippen molar-refractivity contribution in [3.05, 3.63) is 178 Å². The topological polar surface area (TPSA) is 54.5 Å². The molecule has 2 aliphatic carbocycles. The molecule has 5 aromatic carbocycles. The monoisotopic (exact) mass is 599 g/mol. The number of rotatable bonds is 6. The van der Waals surface area contributed by atoms with E-state index in [1.54, 1.807) is 0 Å². The third kappa shape index (κ3) is 3.64. The maximum absolute atomic E-state index is 15.9. The van der Waals surface area contributed by atoms with Gasteiger partial charge in [0.25, 0.3) is 0 Å². The molecule has 0 radical (unpaired) electrons. The van der Waals surface area contributed by atoms with Gasteiger partial charge < -0.3 is 0 Å². The number of amides is 2. The van der Waals surface area contributed by atoms with Crippen LogP contribution in [0.2, 0.25) is 0 Å². The summed E-state index contributed by atoms with van der Waals surface area (Å²) in [4.78, 5) is 47.2. The van der Waals surface area contributed by atoms with Crippen molar-refractivity contribution in [2.24, 2.45) is 11.8 Å². The van der Waals surface area contributed by atoms with Crippen molar-refractivity contribution in [3.63, 3.8) is 0 Å². The van der Waals surface area contributed by atoms with Crippen LogP contribution in [0.15, 0.2) is 140 Å². The standard InChI is InChI=1S/C42H33NO3/c1-27-18-22-30(23-19-27)34-35(31-24-20-28(2)21-25-31)42(33-16-10-5-11-17-33)37-36(41(34,40(42)46)32-14-8-4-9-15-32)38(44)43(39(37)45)26-29-12-6-3-7-13-29/h3-25,36-37H,26H2,1-2H3/t36-,37-,41-,42-/m1/s1. The lowest BCUT2D eigenvalue weighted by atomic mass is 9.59. The Hall–Kier alpha value is -5.35. The van der Waals surface area contributed by atoms with Crippen LogP contribution in [-0.2, 0) is 31.8 Å². The number of carbonyl (C=O) groups is 3. The molecule has 8 rings (SSSR count). The molecule has 46 heavy (non-hydrogen) atoms. The third-order valence-electron chi connectivity index (χ3n) is 10.4. The van der Waals surface area contributed by atoms with Gasteiger partial charge in [-0.25, -0.2) is 0 Å². The molecule has 1 aliphatic heterocycles. The molecular formula is C42H33NO3. The Bertz CT molecular complexity index is 1900. The van der Waals surface area contributed by atoms with E-state index < -0.39 is 22.7 Å². The summed E-state index contributed by atoms with van der Waals surface area (Å²) in [5, 5.41) is 0. The summed E-state index contributed by atoms with van der Waals surface area (Å²) in [6, 6.07) is 45.5. The minimum atomic E-state index is -1.38. The summed E-state index contributed by atoms with van der Waals surface area (Å²) in [6.45, 7) is 4.25. The number of Topliss-reactive ketones (excluding diaryl/α,β-unsaturated/α-hetero) is 1. The van der Waals surface area contributed by atoms with Gasteiger partial charge in [0.15, 0.2) is 5.78 Å². The number of ketones is 1. The Morgan fingerprint density at radius 3 is 1.26 bits per heavy atom. The highest BCUT2D eigenvalue weighted by Gasteiger charge is 2.82. The summed E-state index contributed by atoms with van der Waals surface area (Å²) in [5.74, 6) is -2.48. The number of allylic oxidation sites excluding steroid dienone is 2. The van der Waals surface area contributed by atoms with Gasteiger partial charge in [-0.05, 0) is 52.8 Å². The Morgan fingerprint density at radius 1 is 0.500 bits per heavy atom. The number of benzene rings is 5. The second kappa shape index (κ2) is 10.3. The average molecular weight is 600 g/mol. The normalized spacial score (nSPS) is 25.0. The summed E-state index contributed by atoms with van der Waals surface area (Å²) >= 11 is 0. The lowest BCUT2D eigenvalue weighted by Crippen LogP contribution is -2.45. The first-order chi connectivity index (χ1) is 22.4. The summed E-state index contributed by atoms with van der Waals surface area (Å²) in [6.07, 6.45) is 0.